The number of nitrogens with one attached hydrogen (secondary N) is 2. The van der Waals surface area contributed by atoms with E-state index >= 15 is 0 Å². The third-order valence-corrected chi connectivity index (χ3v) is 4.07. The van der Waals surface area contributed by atoms with Gasteiger partial charge in [0.05, 0.1) is 0 Å². The smallest absolute Gasteiger partial charge is 0.191 e. The normalized spacial score (nSPS) is 12.4. The maximum Gasteiger partial charge on any atom is 0.191 e. The van der Waals surface area contributed by atoms with Crippen LogP contribution < -0.4 is 10.6 Å². The standard InChI is InChI=1S/C18H28N6.HI/c1-5-17-23-22-13-24(17)10-9-20-18(19-4)21-12-15(3)16-8-6-7-14(2)11-16;/h6-8,11,13,15H,5,9-10,12H2,1-4H3,(H2,19,20,21);1H. The van der Waals surface area contributed by atoms with Crippen molar-refractivity contribution in [1.29, 1.82) is 0 Å². The number of aliphatic imine (C=N–C) groups is 1. The fraction of sp³-hybridized carbons (Fsp3) is 0.500. The van der Waals surface area contributed by atoms with Gasteiger partial charge in [0, 0.05) is 33.1 Å². The lowest BCUT2D eigenvalue weighted by molar-refractivity contribution is 0.627. The average molecular weight is 456 g/mol. The summed E-state index contributed by atoms with van der Waals surface area (Å²) in [7, 11) is 1.79. The van der Waals surface area contributed by atoms with Gasteiger partial charge in [-0.05, 0) is 18.4 Å². The average Bonchev–Trinajstić information content (AvgIpc) is 3.05. The summed E-state index contributed by atoms with van der Waals surface area (Å²) < 4.78 is 2.07. The number of aryl methyl sites for hydroxylation is 2. The van der Waals surface area contributed by atoms with Gasteiger partial charge in [0.1, 0.15) is 12.2 Å². The Morgan fingerprint density at radius 1 is 1.32 bits per heavy atom. The number of hydrogen-bond acceptors (Lipinski definition) is 3. The van der Waals surface area contributed by atoms with Gasteiger partial charge in [-0.15, -0.1) is 34.2 Å². The van der Waals surface area contributed by atoms with E-state index in [4.69, 9.17) is 0 Å². The molecule has 0 fully saturated rings. The van der Waals surface area contributed by atoms with Crippen molar-refractivity contribution in [1.82, 2.24) is 25.4 Å². The topological polar surface area (TPSA) is 67.1 Å². The Balaban J connectivity index is 0.00000312. The zero-order valence-electron chi connectivity index (χ0n) is 15.5. The van der Waals surface area contributed by atoms with Gasteiger partial charge >= 0.3 is 0 Å². The molecule has 25 heavy (non-hydrogen) atoms. The van der Waals surface area contributed by atoms with E-state index in [1.54, 1.807) is 13.4 Å². The van der Waals surface area contributed by atoms with E-state index in [9.17, 15) is 0 Å². The first-order valence-electron chi connectivity index (χ1n) is 8.51. The quantitative estimate of drug-likeness (QED) is 0.382. The Hall–Kier alpha value is -1.64. The summed E-state index contributed by atoms with van der Waals surface area (Å²) in [4.78, 5) is 4.29. The minimum absolute atomic E-state index is 0. The van der Waals surface area contributed by atoms with Crippen molar-refractivity contribution in [2.24, 2.45) is 4.99 Å². The molecule has 0 radical (unpaired) electrons. The Bertz CT molecular complexity index is 667. The van der Waals surface area contributed by atoms with Crippen molar-refractivity contribution < 1.29 is 0 Å². The van der Waals surface area contributed by atoms with Crippen molar-refractivity contribution in [3.63, 3.8) is 0 Å². The zero-order chi connectivity index (χ0) is 17.4. The lowest BCUT2D eigenvalue weighted by Gasteiger charge is -2.17. The third kappa shape index (κ3) is 6.64. The van der Waals surface area contributed by atoms with E-state index in [1.165, 1.54) is 11.1 Å². The van der Waals surface area contributed by atoms with Gasteiger partial charge in [0.25, 0.3) is 0 Å². The number of nitrogens with zero attached hydrogens (tertiary/aromatic N) is 4. The minimum Gasteiger partial charge on any atom is -0.356 e. The predicted octanol–water partition coefficient (Wildman–Crippen LogP) is 2.74. The van der Waals surface area contributed by atoms with E-state index in [0.717, 1.165) is 37.8 Å². The summed E-state index contributed by atoms with van der Waals surface area (Å²) in [6.07, 6.45) is 2.66. The van der Waals surface area contributed by atoms with Crippen LogP contribution in [0.5, 0.6) is 0 Å². The molecule has 2 rings (SSSR count). The SMILES string of the molecule is CCc1nncn1CCNC(=NC)NCC(C)c1cccc(C)c1.I. The van der Waals surface area contributed by atoms with Crippen LogP contribution in [0.3, 0.4) is 0 Å². The van der Waals surface area contributed by atoms with Crippen LogP contribution in [-0.4, -0.2) is 40.9 Å². The molecule has 0 saturated heterocycles. The van der Waals surface area contributed by atoms with Gasteiger partial charge in [0.2, 0.25) is 0 Å². The maximum absolute atomic E-state index is 4.29. The van der Waals surface area contributed by atoms with Crippen LogP contribution in [0, 0.1) is 6.92 Å². The number of guanidine groups is 1. The molecule has 1 aromatic carbocycles. The molecule has 6 nitrogen and oxygen atoms in total. The van der Waals surface area contributed by atoms with Crippen molar-refractivity contribution >= 4 is 29.9 Å². The number of rotatable bonds is 7. The van der Waals surface area contributed by atoms with Crippen LogP contribution in [0.4, 0.5) is 0 Å². The molecule has 0 bridgehead atoms. The fourth-order valence-electron chi connectivity index (χ4n) is 2.60. The van der Waals surface area contributed by atoms with Gasteiger partial charge in [-0.3, -0.25) is 4.99 Å². The second kappa shape index (κ2) is 11.1. The summed E-state index contributed by atoms with van der Waals surface area (Å²) in [6.45, 7) is 8.88. The zero-order valence-corrected chi connectivity index (χ0v) is 17.8. The maximum atomic E-state index is 4.29. The van der Waals surface area contributed by atoms with Gasteiger partial charge < -0.3 is 15.2 Å². The van der Waals surface area contributed by atoms with E-state index in [1.807, 2.05) is 0 Å². The number of halogens is 1. The van der Waals surface area contributed by atoms with E-state index < -0.39 is 0 Å². The van der Waals surface area contributed by atoms with Gasteiger partial charge in [-0.25, -0.2) is 0 Å². The van der Waals surface area contributed by atoms with Crippen LogP contribution in [-0.2, 0) is 13.0 Å². The van der Waals surface area contributed by atoms with Crippen molar-refractivity contribution in [2.75, 3.05) is 20.1 Å². The molecule has 1 unspecified atom stereocenters. The minimum atomic E-state index is 0. The lowest BCUT2D eigenvalue weighted by atomic mass is 9.99. The summed E-state index contributed by atoms with van der Waals surface area (Å²) in [5, 5.41) is 14.8. The Kier molecular flexibility index (Phi) is 9.48. The predicted molar refractivity (Wildman–Crippen MR) is 114 cm³/mol. The fourth-order valence-corrected chi connectivity index (χ4v) is 2.60. The number of hydrogen-bond donors (Lipinski definition) is 2. The second-order valence-corrected chi connectivity index (χ2v) is 5.99. The molecule has 2 aromatic rings. The van der Waals surface area contributed by atoms with Crippen molar-refractivity contribution in [2.45, 2.75) is 39.7 Å². The van der Waals surface area contributed by atoms with E-state index in [0.29, 0.717) is 5.92 Å². The second-order valence-electron chi connectivity index (χ2n) is 5.99. The number of benzene rings is 1. The van der Waals surface area contributed by atoms with Gasteiger partial charge in [0.15, 0.2) is 5.96 Å². The van der Waals surface area contributed by atoms with Crippen molar-refractivity contribution in [3.05, 3.63) is 47.5 Å². The highest BCUT2D eigenvalue weighted by Gasteiger charge is 2.07. The highest BCUT2D eigenvalue weighted by molar-refractivity contribution is 14.0. The van der Waals surface area contributed by atoms with Crippen LogP contribution in [0.15, 0.2) is 35.6 Å². The summed E-state index contributed by atoms with van der Waals surface area (Å²) in [5.41, 5.74) is 2.64. The summed E-state index contributed by atoms with van der Waals surface area (Å²) >= 11 is 0. The van der Waals surface area contributed by atoms with Crippen molar-refractivity contribution in [3.8, 4) is 0 Å². The molecule has 0 amide bonds. The molecular formula is C18H29IN6. The first kappa shape index (κ1) is 21.4. The molecule has 7 heteroatoms. The molecule has 0 aliphatic carbocycles. The van der Waals surface area contributed by atoms with Crippen LogP contribution in [0.1, 0.15) is 36.7 Å². The largest absolute Gasteiger partial charge is 0.356 e. The van der Waals surface area contributed by atoms with Crippen LogP contribution in [0.2, 0.25) is 0 Å². The first-order valence-corrected chi connectivity index (χ1v) is 8.51. The molecule has 1 atom stereocenters. The molecular weight excluding hydrogens is 427 g/mol. The molecule has 138 valence electrons. The summed E-state index contributed by atoms with van der Waals surface area (Å²) in [5.74, 6) is 2.25. The monoisotopic (exact) mass is 456 g/mol. The van der Waals surface area contributed by atoms with E-state index in [2.05, 4.69) is 75.4 Å². The third-order valence-electron chi connectivity index (χ3n) is 4.07. The molecule has 1 aromatic heterocycles. The van der Waals surface area contributed by atoms with Gasteiger partial charge in [-0.2, -0.15) is 0 Å². The summed E-state index contributed by atoms with van der Waals surface area (Å²) in [6, 6.07) is 8.65. The van der Waals surface area contributed by atoms with E-state index in [-0.39, 0.29) is 24.0 Å². The molecule has 0 spiro atoms. The lowest BCUT2D eigenvalue weighted by Crippen LogP contribution is -2.40. The molecule has 0 saturated carbocycles. The van der Waals surface area contributed by atoms with Crippen LogP contribution in [0.25, 0.3) is 0 Å². The highest BCUT2D eigenvalue weighted by atomic mass is 127. The van der Waals surface area contributed by atoms with Gasteiger partial charge in [-0.1, -0.05) is 43.7 Å². The molecule has 1 heterocycles. The molecule has 2 N–H and O–H groups in total. The molecule has 0 aliphatic heterocycles. The van der Waals surface area contributed by atoms with Crippen LogP contribution >= 0.6 is 24.0 Å². The first-order chi connectivity index (χ1) is 11.6. The Labute approximate surface area is 167 Å². The molecule has 0 aliphatic rings. The number of aromatic nitrogens is 3. The highest BCUT2D eigenvalue weighted by Crippen LogP contribution is 2.15. The Morgan fingerprint density at radius 2 is 2.12 bits per heavy atom. The Morgan fingerprint density at radius 3 is 2.80 bits per heavy atom.